The molecule has 7 nitrogen and oxygen atoms in total. The fraction of sp³-hybridized carbons (Fsp3) is 0.429. The Morgan fingerprint density at radius 1 is 1.32 bits per heavy atom. The van der Waals surface area contributed by atoms with E-state index < -0.39 is 0 Å². The summed E-state index contributed by atoms with van der Waals surface area (Å²) in [6, 6.07) is 8.33. The lowest BCUT2D eigenvalue weighted by atomic mass is 9.97. The fourth-order valence-electron chi connectivity index (χ4n) is 3.92. The van der Waals surface area contributed by atoms with Gasteiger partial charge in [-0.15, -0.1) is 0 Å². The van der Waals surface area contributed by atoms with E-state index in [1.807, 2.05) is 27.0 Å². The van der Waals surface area contributed by atoms with Crippen LogP contribution in [0.4, 0.5) is 0 Å². The van der Waals surface area contributed by atoms with Crippen LogP contribution in [0.25, 0.3) is 5.78 Å². The second kappa shape index (κ2) is 7.67. The molecule has 1 unspecified atom stereocenters. The molecule has 2 aromatic heterocycles. The number of ether oxygens (including phenoxy) is 1. The summed E-state index contributed by atoms with van der Waals surface area (Å²) < 4.78 is 7.67. The number of amides is 1. The van der Waals surface area contributed by atoms with Crippen LogP contribution in [-0.2, 0) is 22.4 Å². The van der Waals surface area contributed by atoms with Crippen LogP contribution in [0, 0.1) is 13.8 Å². The van der Waals surface area contributed by atoms with Crippen LogP contribution in [0.1, 0.15) is 40.6 Å². The number of hydrogen-bond acceptors (Lipinski definition) is 5. The molecule has 3 heterocycles. The zero-order valence-corrected chi connectivity index (χ0v) is 16.6. The second-order valence-corrected chi connectivity index (χ2v) is 7.32. The molecule has 146 valence electrons. The Kier molecular flexibility index (Phi) is 5.09. The highest BCUT2D eigenvalue weighted by Crippen LogP contribution is 2.27. The van der Waals surface area contributed by atoms with Gasteiger partial charge in [-0.3, -0.25) is 4.79 Å². The molecule has 0 spiro atoms. The van der Waals surface area contributed by atoms with Gasteiger partial charge in [0.25, 0.3) is 5.78 Å². The van der Waals surface area contributed by atoms with Crippen molar-refractivity contribution < 1.29 is 9.53 Å². The van der Waals surface area contributed by atoms with Crippen molar-refractivity contribution in [3.05, 3.63) is 58.7 Å². The number of benzene rings is 1. The molecule has 3 aromatic rings. The molecular weight excluding hydrogens is 354 g/mol. The van der Waals surface area contributed by atoms with Crippen molar-refractivity contribution in [2.75, 3.05) is 20.2 Å². The van der Waals surface area contributed by atoms with E-state index >= 15 is 0 Å². The number of likely N-dealkylation sites (N-methyl/N-ethyl adjacent to an activating group) is 1. The quantitative estimate of drug-likeness (QED) is 0.681. The van der Waals surface area contributed by atoms with Gasteiger partial charge < -0.3 is 9.64 Å². The molecule has 0 aliphatic carbocycles. The number of fused-ring (bicyclic) bond motifs is 2. The van der Waals surface area contributed by atoms with Gasteiger partial charge in [-0.2, -0.15) is 10.1 Å². The number of carbonyl (C=O) groups is 1. The van der Waals surface area contributed by atoms with Crippen molar-refractivity contribution in [1.29, 1.82) is 0 Å². The van der Waals surface area contributed by atoms with Gasteiger partial charge >= 0.3 is 0 Å². The molecule has 1 aliphatic heterocycles. The van der Waals surface area contributed by atoms with Crippen LogP contribution >= 0.6 is 0 Å². The van der Waals surface area contributed by atoms with Gasteiger partial charge in [-0.05, 0) is 43.4 Å². The van der Waals surface area contributed by atoms with E-state index in [1.165, 1.54) is 17.5 Å². The lowest BCUT2D eigenvalue weighted by Crippen LogP contribution is -2.34. The normalized spacial score (nSPS) is 16.2. The Labute approximate surface area is 164 Å². The van der Waals surface area contributed by atoms with Crippen LogP contribution in [0.5, 0.6) is 0 Å². The highest BCUT2D eigenvalue weighted by Gasteiger charge is 2.23. The van der Waals surface area contributed by atoms with E-state index in [-0.39, 0.29) is 12.0 Å². The van der Waals surface area contributed by atoms with Crippen molar-refractivity contribution >= 4 is 11.7 Å². The van der Waals surface area contributed by atoms with E-state index in [0.29, 0.717) is 31.8 Å². The monoisotopic (exact) mass is 379 g/mol. The Hall–Kier alpha value is -2.80. The zero-order chi connectivity index (χ0) is 19.7. The van der Waals surface area contributed by atoms with E-state index in [1.54, 1.807) is 9.42 Å². The summed E-state index contributed by atoms with van der Waals surface area (Å²) in [5, 5.41) is 4.21. The van der Waals surface area contributed by atoms with Crippen molar-refractivity contribution in [2.24, 2.45) is 0 Å². The third kappa shape index (κ3) is 3.49. The standard InChI is InChI=1S/C21H25N5O2/c1-14-17(15(2)26-21(24-14)22-13-23-26)8-9-20(27)25(3)12-19-18-7-5-4-6-16(18)10-11-28-19/h4-7,13,19H,8-12H2,1-3H3. The molecule has 0 radical (unpaired) electrons. The summed E-state index contributed by atoms with van der Waals surface area (Å²) in [7, 11) is 1.85. The van der Waals surface area contributed by atoms with Crippen LogP contribution < -0.4 is 0 Å². The summed E-state index contributed by atoms with van der Waals surface area (Å²) in [5.41, 5.74) is 5.45. The lowest BCUT2D eigenvalue weighted by Gasteiger charge is -2.29. The van der Waals surface area contributed by atoms with E-state index in [9.17, 15) is 4.79 Å². The Balaban J connectivity index is 1.42. The highest BCUT2D eigenvalue weighted by atomic mass is 16.5. The van der Waals surface area contributed by atoms with E-state index in [0.717, 1.165) is 23.4 Å². The van der Waals surface area contributed by atoms with Crippen LogP contribution in [0.3, 0.4) is 0 Å². The highest BCUT2D eigenvalue weighted by molar-refractivity contribution is 5.76. The number of rotatable bonds is 5. The Morgan fingerprint density at radius 2 is 2.14 bits per heavy atom. The molecule has 7 heteroatoms. The maximum absolute atomic E-state index is 12.8. The largest absolute Gasteiger partial charge is 0.371 e. The third-order valence-electron chi connectivity index (χ3n) is 5.54. The third-order valence-corrected chi connectivity index (χ3v) is 5.54. The minimum absolute atomic E-state index is 0.0597. The Bertz CT molecular complexity index is 1010. The molecule has 1 amide bonds. The number of nitrogens with zero attached hydrogens (tertiary/aromatic N) is 5. The smallest absolute Gasteiger partial charge is 0.252 e. The second-order valence-electron chi connectivity index (χ2n) is 7.32. The van der Waals surface area contributed by atoms with Crippen LogP contribution in [0.2, 0.25) is 0 Å². The number of hydrogen-bond donors (Lipinski definition) is 0. The molecule has 0 N–H and O–H groups in total. The predicted octanol–water partition coefficient (Wildman–Crippen LogP) is 2.45. The molecule has 0 fully saturated rings. The van der Waals surface area contributed by atoms with Crippen LogP contribution in [-0.4, -0.2) is 50.6 Å². The molecular formula is C21H25N5O2. The molecule has 0 bridgehead atoms. The van der Waals surface area contributed by atoms with E-state index in [4.69, 9.17) is 4.74 Å². The van der Waals surface area contributed by atoms with Crippen molar-refractivity contribution in [3.63, 3.8) is 0 Å². The summed E-state index contributed by atoms with van der Waals surface area (Å²) in [6.07, 6.45) is 3.43. The Morgan fingerprint density at radius 3 is 3.00 bits per heavy atom. The average molecular weight is 379 g/mol. The summed E-state index contributed by atoms with van der Waals surface area (Å²) >= 11 is 0. The minimum Gasteiger partial charge on any atom is -0.371 e. The lowest BCUT2D eigenvalue weighted by molar-refractivity contribution is -0.132. The van der Waals surface area contributed by atoms with Crippen molar-refractivity contribution in [1.82, 2.24) is 24.5 Å². The first-order valence-corrected chi connectivity index (χ1v) is 9.63. The van der Waals surface area contributed by atoms with E-state index in [2.05, 4.69) is 33.3 Å². The molecule has 1 atom stereocenters. The van der Waals surface area contributed by atoms with Gasteiger partial charge in [0.05, 0.1) is 13.2 Å². The molecule has 0 saturated heterocycles. The average Bonchev–Trinajstić information content (AvgIpc) is 3.16. The zero-order valence-electron chi connectivity index (χ0n) is 16.6. The predicted molar refractivity (Wildman–Crippen MR) is 105 cm³/mol. The number of aryl methyl sites for hydroxylation is 2. The number of aromatic nitrogens is 4. The van der Waals surface area contributed by atoms with Gasteiger partial charge in [0.1, 0.15) is 12.4 Å². The van der Waals surface area contributed by atoms with Gasteiger partial charge in [0.2, 0.25) is 5.91 Å². The molecule has 28 heavy (non-hydrogen) atoms. The van der Waals surface area contributed by atoms with Crippen molar-refractivity contribution in [2.45, 2.75) is 39.2 Å². The van der Waals surface area contributed by atoms with Gasteiger partial charge in [0.15, 0.2) is 0 Å². The molecule has 0 saturated carbocycles. The van der Waals surface area contributed by atoms with Crippen molar-refractivity contribution in [3.8, 4) is 0 Å². The van der Waals surface area contributed by atoms with Gasteiger partial charge in [0, 0.05) is 24.9 Å². The molecule has 1 aromatic carbocycles. The van der Waals surface area contributed by atoms with Gasteiger partial charge in [-0.25, -0.2) is 9.50 Å². The first-order valence-electron chi connectivity index (χ1n) is 9.63. The van der Waals surface area contributed by atoms with Gasteiger partial charge in [-0.1, -0.05) is 24.3 Å². The summed E-state index contributed by atoms with van der Waals surface area (Å²) in [5.74, 6) is 0.694. The summed E-state index contributed by atoms with van der Waals surface area (Å²) in [6.45, 7) is 5.21. The fourth-order valence-corrected chi connectivity index (χ4v) is 3.92. The molecule has 4 rings (SSSR count). The summed E-state index contributed by atoms with van der Waals surface area (Å²) in [4.78, 5) is 23.2. The minimum atomic E-state index is -0.0597. The van der Waals surface area contributed by atoms with Crippen LogP contribution in [0.15, 0.2) is 30.6 Å². The SMILES string of the molecule is Cc1nc2ncnn2c(C)c1CCC(=O)N(C)CC1OCCc2ccccc21. The number of carbonyl (C=O) groups excluding carboxylic acids is 1. The maximum atomic E-state index is 12.8. The topological polar surface area (TPSA) is 72.6 Å². The molecule has 1 aliphatic rings. The maximum Gasteiger partial charge on any atom is 0.252 e. The first kappa shape index (κ1) is 18.6. The first-order chi connectivity index (χ1) is 13.5.